The lowest BCUT2D eigenvalue weighted by Crippen LogP contribution is -2.33. The van der Waals surface area contributed by atoms with E-state index in [1.165, 1.54) is 11.3 Å². The van der Waals surface area contributed by atoms with Crippen molar-refractivity contribution in [2.24, 2.45) is 0 Å². The maximum atomic E-state index is 12.9. The van der Waals surface area contributed by atoms with Gasteiger partial charge in [0, 0.05) is 12.3 Å². The maximum absolute atomic E-state index is 12.9. The van der Waals surface area contributed by atoms with E-state index in [-0.39, 0.29) is 17.5 Å². The molecule has 0 spiro atoms. The summed E-state index contributed by atoms with van der Waals surface area (Å²) in [6.45, 7) is 4.01. The van der Waals surface area contributed by atoms with E-state index in [9.17, 15) is 13.2 Å². The van der Waals surface area contributed by atoms with E-state index in [1.54, 1.807) is 6.07 Å². The van der Waals surface area contributed by atoms with Crippen LogP contribution >= 0.6 is 11.3 Å². The van der Waals surface area contributed by atoms with Gasteiger partial charge in [-0.15, -0.1) is 11.3 Å². The minimum Gasteiger partial charge on any atom is -0.359 e. The minimum absolute atomic E-state index is 0.0492. The zero-order valence-corrected chi connectivity index (χ0v) is 19.5. The molecule has 2 aromatic carbocycles. The number of nitrogens with one attached hydrogen (secondary N) is 1. The Morgan fingerprint density at radius 1 is 1.09 bits per heavy atom. The molecule has 0 fully saturated rings. The van der Waals surface area contributed by atoms with Gasteiger partial charge in [-0.3, -0.25) is 4.79 Å². The van der Waals surface area contributed by atoms with Gasteiger partial charge < -0.3 is 9.84 Å². The van der Waals surface area contributed by atoms with Gasteiger partial charge in [0.15, 0.2) is 20.8 Å². The maximum Gasteiger partial charge on any atom is 0.245 e. The number of nitrogens with zero attached hydrogens (tertiary/aromatic N) is 2. The molecule has 7 nitrogen and oxygen atoms in total. The van der Waals surface area contributed by atoms with Crippen LogP contribution in [0.4, 0.5) is 0 Å². The smallest absolute Gasteiger partial charge is 0.245 e. The lowest BCUT2D eigenvalue weighted by molar-refractivity contribution is -0.121. The first-order valence-corrected chi connectivity index (χ1v) is 12.9. The Bertz CT molecular complexity index is 1360. The Labute approximate surface area is 190 Å². The zero-order valence-electron chi connectivity index (χ0n) is 17.9. The van der Waals surface area contributed by atoms with Crippen molar-refractivity contribution in [2.45, 2.75) is 31.6 Å². The summed E-state index contributed by atoms with van der Waals surface area (Å²) >= 11 is 1.21. The molecule has 0 aliphatic rings. The van der Waals surface area contributed by atoms with E-state index in [0.29, 0.717) is 11.3 Å². The highest BCUT2D eigenvalue weighted by atomic mass is 32.2. The number of sulfone groups is 1. The number of amides is 1. The van der Waals surface area contributed by atoms with Crippen molar-refractivity contribution in [1.29, 1.82) is 0 Å². The first-order chi connectivity index (χ1) is 15.2. The van der Waals surface area contributed by atoms with Crippen LogP contribution in [-0.2, 0) is 21.2 Å². The van der Waals surface area contributed by atoms with Gasteiger partial charge in [-0.1, -0.05) is 55.4 Å². The molecule has 2 heterocycles. The SMILES string of the molecule is CC(C)c1cc(CNC(=O)C(c2nc3ccc(-c4ccccc4)cc3s2)S(C)(=O)=O)on1. The highest BCUT2D eigenvalue weighted by Crippen LogP contribution is 2.33. The molecule has 32 heavy (non-hydrogen) atoms. The number of rotatable bonds is 7. The summed E-state index contributed by atoms with van der Waals surface area (Å²) in [5.41, 5.74) is 3.48. The largest absolute Gasteiger partial charge is 0.359 e. The average Bonchev–Trinajstić information content (AvgIpc) is 3.38. The highest BCUT2D eigenvalue weighted by molar-refractivity contribution is 7.91. The van der Waals surface area contributed by atoms with Gasteiger partial charge in [0.2, 0.25) is 5.91 Å². The molecule has 1 atom stereocenters. The molecule has 0 aliphatic carbocycles. The van der Waals surface area contributed by atoms with Crippen molar-refractivity contribution in [1.82, 2.24) is 15.5 Å². The fraction of sp³-hybridized carbons (Fsp3) is 0.261. The molecule has 166 valence electrons. The summed E-state index contributed by atoms with van der Waals surface area (Å²) in [5, 5.41) is 5.45. The third kappa shape index (κ3) is 4.73. The summed E-state index contributed by atoms with van der Waals surface area (Å²) in [6.07, 6.45) is 1.05. The average molecular weight is 470 g/mol. The molecule has 0 aliphatic heterocycles. The topological polar surface area (TPSA) is 102 Å². The Morgan fingerprint density at radius 3 is 2.50 bits per heavy atom. The van der Waals surface area contributed by atoms with Gasteiger partial charge in [-0.2, -0.15) is 0 Å². The predicted octanol–water partition coefficient (Wildman–Crippen LogP) is 4.48. The fourth-order valence-corrected chi connectivity index (χ4v) is 5.85. The number of hydrogen-bond acceptors (Lipinski definition) is 7. The number of thiazole rings is 1. The summed E-state index contributed by atoms with van der Waals surface area (Å²) in [6, 6.07) is 17.4. The highest BCUT2D eigenvalue weighted by Gasteiger charge is 2.34. The molecule has 0 saturated heterocycles. The van der Waals surface area contributed by atoms with Gasteiger partial charge in [-0.25, -0.2) is 13.4 Å². The van der Waals surface area contributed by atoms with E-state index >= 15 is 0 Å². The van der Waals surface area contributed by atoms with Crippen LogP contribution in [0, 0.1) is 0 Å². The van der Waals surface area contributed by atoms with E-state index in [2.05, 4.69) is 15.5 Å². The quantitative estimate of drug-likeness (QED) is 0.428. The zero-order chi connectivity index (χ0) is 22.9. The van der Waals surface area contributed by atoms with E-state index in [4.69, 9.17) is 4.52 Å². The van der Waals surface area contributed by atoms with Gasteiger partial charge in [-0.05, 0) is 29.2 Å². The Morgan fingerprint density at radius 2 is 1.84 bits per heavy atom. The third-order valence-electron chi connectivity index (χ3n) is 5.01. The second kappa shape index (κ2) is 8.84. The fourth-order valence-electron chi connectivity index (χ4n) is 3.31. The molecule has 1 unspecified atom stereocenters. The molecule has 0 radical (unpaired) electrons. The second-order valence-corrected chi connectivity index (χ2v) is 11.1. The van der Waals surface area contributed by atoms with Crippen LogP contribution in [-0.4, -0.2) is 30.7 Å². The van der Waals surface area contributed by atoms with E-state index in [0.717, 1.165) is 27.8 Å². The first-order valence-electron chi connectivity index (χ1n) is 10.1. The number of hydrogen-bond donors (Lipinski definition) is 1. The standard InChI is InChI=1S/C23H23N3O4S2/c1-14(2)19-12-17(30-26-19)13-24-22(27)21(32(3,28)29)23-25-18-10-9-16(11-20(18)31-23)15-7-5-4-6-8-15/h4-12,14,21H,13H2,1-3H3,(H,24,27). The monoisotopic (exact) mass is 469 g/mol. The van der Waals surface area contributed by atoms with Crippen LogP contribution in [0.15, 0.2) is 59.1 Å². The lowest BCUT2D eigenvalue weighted by atomic mass is 10.1. The normalized spacial score (nSPS) is 12.9. The van der Waals surface area contributed by atoms with Crippen LogP contribution in [0.5, 0.6) is 0 Å². The molecule has 2 aromatic heterocycles. The van der Waals surface area contributed by atoms with Crippen molar-refractivity contribution in [3.8, 4) is 11.1 Å². The van der Waals surface area contributed by atoms with Gasteiger partial charge in [0.05, 0.1) is 22.5 Å². The van der Waals surface area contributed by atoms with Gasteiger partial charge in [0.1, 0.15) is 5.01 Å². The Kier molecular flexibility index (Phi) is 6.12. The minimum atomic E-state index is -3.75. The molecular formula is C23H23N3O4S2. The van der Waals surface area contributed by atoms with Crippen molar-refractivity contribution in [3.63, 3.8) is 0 Å². The van der Waals surface area contributed by atoms with Crippen LogP contribution in [0.2, 0.25) is 0 Å². The number of benzene rings is 2. The molecule has 0 saturated carbocycles. The van der Waals surface area contributed by atoms with Crippen molar-refractivity contribution in [3.05, 3.63) is 71.1 Å². The summed E-state index contributed by atoms with van der Waals surface area (Å²) < 4.78 is 31.1. The first kappa shape index (κ1) is 22.2. The number of carbonyl (C=O) groups excluding carboxylic acids is 1. The van der Waals surface area contributed by atoms with E-state index < -0.39 is 21.0 Å². The molecule has 0 bridgehead atoms. The molecule has 1 N–H and O–H groups in total. The molecule has 4 aromatic rings. The number of fused-ring (bicyclic) bond motifs is 1. The number of carbonyl (C=O) groups is 1. The van der Waals surface area contributed by atoms with Crippen LogP contribution in [0.25, 0.3) is 21.3 Å². The molecule has 9 heteroatoms. The summed E-state index contributed by atoms with van der Waals surface area (Å²) in [4.78, 5) is 17.3. The molecule has 1 amide bonds. The number of aromatic nitrogens is 2. The van der Waals surface area contributed by atoms with Gasteiger partial charge in [0.25, 0.3) is 0 Å². The Hall–Kier alpha value is -3.04. The van der Waals surface area contributed by atoms with Crippen LogP contribution in [0.1, 0.15) is 41.5 Å². The summed E-state index contributed by atoms with van der Waals surface area (Å²) in [5.74, 6) is 0.0129. The molecule has 4 rings (SSSR count). The van der Waals surface area contributed by atoms with Crippen LogP contribution in [0.3, 0.4) is 0 Å². The van der Waals surface area contributed by atoms with Crippen molar-refractivity contribution in [2.75, 3.05) is 6.26 Å². The van der Waals surface area contributed by atoms with Gasteiger partial charge >= 0.3 is 0 Å². The van der Waals surface area contributed by atoms with Crippen LogP contribution < -0.4 is 5.32 Å². The van der Waals surface area contributed by atoms with Crippen molar-refractivity contribution >= 4 is 37.3 Å². The van der Waals surface area contributed by atoms with Crippen molar-refractivity contribution < 1.29 is 17.7 Å². The third-order valence-corrected chi connectivity index (χ3v) is 7.53. The second-order valence-electron chi connectivity index (χ2n) is 7.90. The predicted molar refractivity (Wildman–Crippen MR) is 125 cm³/mol. The molecular weight excluding hydrogens is 446 g/mol. The lowest BCUT2D eigenvalue weighted by Gasteiger charge is -2.12. The Balaban J connectivity index is 1.60. The van der Waals surface area contributed by atoms with E-state index in [1.807, 2.05) is 62.4 Å². The summed E-state index contributed by atoms with van der Waals surface area (Å²) in [7, 11) is -3.75.